The first-order valence-electron chi connectivity index (χ1n) is 6.54. The van der Waals surface area contributed by atoms with Gasteiger partial charge in [0.15, 0.2) is 11.5 Å². The lowest BCUT2D eigenvalue weighted by molar-refractivity contribution is 0.0955. The lowest BCUT2D eigenvalue weighted by Crippen LogP contribution is -2.17. The van der Waals surface area contributed by atoms with Crippen LogP contribution in [0.15, 0.2) is 52.0 Å². The molecule has 0 radical (unpaired) electrons. The van der Waals surface area contributed by atoms with Gasteiger partial charge in [0.25, 0.3) is 5.91 Å². The quantitative estimate of drug-likeness (QED) is 0.498. The summed E-state index contributed by atoms with van der Waals surface area (Å²) in [4.78, 5) is 11.9. The Labute approximate surface area is 142 Å². The van der Waals surface area contributed by atoms with Crippen LogP contribution in [-0.2, 0) is 0 Å². The number of rotatable bonds is 5. The van der Waals surface area contributed by atoms with E-state index >= 15 is 0 Å². The van der Waals surface area contributed by atoms with Gasteiger partial charge in [0.1, 0.15) is 6.11 Å². The monoisotopic (exact) mass is 372 g/mol. The summed E-state index contributed by atoms with van der Waals surface area (Å²) in [6, 6.07) is 12.2. The molecule has 0 saturated carbocycles. The molecule has 2 rings (SSSR count). The van der Waals surface area contributed by atoms with Crippen molar-refractivity contribution in [1.82, 2.24) is 5.43 Å². The van der Waals surface area contributed by atoms with Gasteiger partial charge < -0.3 is 9.47 Å². The Balaban J connectivity index is 2.20. The highest BCUT2D eigenvalue weighted by Gasteiger charge is 2.11. The number of carbonyl (C=O) groups is 1. The number of hydrogen-bond donors (Lipinski definition) is 1. The maximum absolute atomic E-state index is 11.9. The molecule has 1 amide bonds. The van der Waals surface area contributed by atoms with Gasteiger partial charge in [-0.1, -0.05) is 40.6 Å². The molecule has 0 bridgehead atoms. The summed E-state index contributed by atoms with van der Waals surface area (Å²) in [6.07, 6.45) is 8.72. The molecule has 116 valence electrons. The summed E-state index contributed by atoms with van der Waals surface area (Å²) in [5.41, 5.74) is 3.51. The fourth-order valence-electron chi connectivity index (χ4n) is 1.82. The number of nitrogens with one attached hydrogen (secondary N) is 1. The van der Waals surface area contributed by atoms with E-state index < -0.39 is 0 Å². The first kappa shape index (κ1) is 16.6. The van der Waals surface area contributed by atoms with E-state index in [2.05, 4.69) is 32.6 Å². The van der Waals surface area contributed by atoms with Gasteiger partial charge in [-0.2, -0.15) is 5.10 Å². The molecule has 1 N–H and O–H groups in total. The van der Waals surface area contributed by atoms with Gasteiger partial charge in [-0.05, 0) is 24.3 Å². The highest BCUT2D eigenvalue weighted by Crippen LogP contribution is 2.33. The molecule has 0 unspecified atom stereocenters. The van der Waals surface area contributed by atoms with Crippen molar-refractivity contribution < 1.29 is 14.3 Å². The normalized spacial score (nSPS) is 10.1. The minimum Gasteiger partial charge on any atom is -0.493 e. The Morgan fingerprint density at radius 1 is 1.35 bits per heavy atom. The molecule has 0 spiro atoms. The number of methoxy groups -OCH3 is 1. The van der Waals surface area contributed by atoms with Gasteiger partial charge in [-0.15, -0.1) is 0 Å². The van der Waals surface area contributed by atoms with Crippen molar-refractivity contribution in [1.29, 1.82) is 0 Å². The maximum atomic E-state index is 11.9. The van der Waals surface area contributed by atoms with Crippen LogP contribution in [-0.4, -0.2) is 19.2 Å². The van der Waals surface area contributed by atoms with Crippen LogP contribution >= 0.6 is 15.9 Å². The van der Waals surface area contributed by atoms with Crippen molar-refractivity contribution >= 4 is 28.1 Å². The van der Waals surface area contributed by atoms with Gasteiger partial charge in [0.2, 0.25) is 0 Å². The zero-order valence-electron chi connectivity index (χ0n) is 12.2. The number of ether oxygens (including phenoxy) is 2. The number of terminal acetylenes is 1. The highest BCUT2D eigenvalue weighted by molar-refractivity contribution is 9.10. The lowest BCUT2D eigenvalue weighted by Gasteiger charge is -2.09. The molecule has 0 atom stereocenters. The van der Waals surface area contributed by atoms with E-state index in [-0.39, 0.29) is 5.91 Å². The number of nitrogens with zero attached hydrogens (tertiary/aromatic N) is 1. The number of halogens is 1. The van der Waals surface area contributed by atoms with Crippen LogP contribution in [0.25, 0.3) is 0 Å². The van der Waals surface area contributed by atoms with Crippen LogP contribution in [0, 0.1) is 12.5 Å². The van der Waals surface area contributed by atoms with Gasteiger partial charge in [-0.3, -0.25) is 4.79 Å². The molecule has 5 nitrogen and oxygen atoms in total. The first-order valence-corrected chi connectivity index (χ1v) is 7.33. The maximum Gasteiger partial charge on any atom is 0.271 e. The third-order valence-corrected chi connectivity index (χ3v) is 3.29. The van der Waals surface area contributed by atoms with Crippen LogP contribution in [0.2, 0.25) is 0 Å². The van der Waals surface area contributed by atoms with E-state index in [1.807, 2.05) is 6.07 Å². The third-order valence-electron chi connectivity index (χ3n) is 2.83. The van der Waals surface area contributed by atoms with Gasteiger partial charge in [-0.25, -0.2) is 5.43 Å². The average molecular weight is 373 g/mol. The number of benzene rings is 2. The fourth-order valence-corrected chi connectivity index (χ4v) is 2.27. The minimum atomic E-state index is -0.316. The van der Waals surface area contributed by atoms with Crippen LogP contribution in [0.4, 0.5) is 0 Å². The molecule has 0 aliphatic carbocycles. The second-order valence-electron chi connectivity index (χ2n) is 4.31. The summed E-state index contributed by atoms with van der Waals surface area (Å²) in [5.74, 6) is 0.479. The van der Waals surface area contributed by atoms with Crippen LogP contribution < -0.4 is 14.9 Å². The molecule has 0 aliphatic heterocycles. The molecule has 0 aliphatic rings. The van der Waals surface area contributed by atoms with Crippen molar-refractivity contribution in [2.75, 3.05) is 7.11 Å². The Hall–Kier alpha value is -2.78. The molecule has 0 aromatic heterocycles. The van der Waals surface area contributed by atoms with Crippen molar-refractivity contribution in [3.05, 3.63) is 58.1 Å². The molecular weight excluding hydrogens is 360 g/mol. The molecule has 0 saturated heterocycles. The van der Waals surface area contributed by atoms with Crippen molar-refractivity contribution in [2.24, 2.45) is 5.10 Å². The average Bonchev–Trinajstić information content (AvgIpc) is 2.57. The largest absolute Gasteiger partial charge is 0.493 e. The van der Waals surface area contributed by atoms with Crippen molar-refractivity contribution in [3.63, 3.8) is 0 Å². The summed E-state index contributed by atoms with van der Waals surface area (Å²) in [7, 11) is 1.50. The molecule has 2 aromatic rings. The number of amides is 1. The van der Waals surface area contributed by atoms with Gasteiger partial charge in [0, 0.05) is 15.6 Å². The van der Waals surface area contributed by atoms with E-state index in [9.17, 15) is 4.79 Å². The Morgan fingerprint density at radius 2 is 2.09 bits per heavy atom. The Kier molecular flexibility index (Phi) is 5.78. The zero-order chi connectivity index (χ0) is 16.7. The predicted octanol–water partition coefficient (Wildman–Crippen LogP) is 3.19. The topological polar surface area (TPSA) is 59.9 Å². The SMILES string of the molecule is C#COc1c(C=NNC(=O)c2ccccc2)cc(Br)cc1OC. The van der Waals surface area contributed by atoms with E-state index in [1.54, 1.807) is 36.4 Å². The summed E-state index contributed by atoms with van der Waals surface area (Å²) in [5, 5.41) is 3.93. The van der Waals surface area contributed by atoms with E-state index in [0.29, 0.717) is 22.6 Å². The zero-order valence-corrected chi connectivity index (χ0v) is 13.8. The number of carbonyl (C=O) groups excluding carboxylic acids is 1. The van der Waals surface area contributed by atoms with Crippen LogP contribution in [0.3, 0.4) is 0 Å². The number of hydrogen-bond acceptors (Lipinski definition) is 4. The summed E-state index contributed by atoms with van der Waals surface area (Å²) >= 11 is 3.36. The van der Waals surface area contributed by atoms with Gasteiger partial charge in [0.05, 0.1) is 13.3 Å². The lowest BCUT2D eigenvalue weighted by atomic mass is 10.2. The van der Waals surface area contributed by atoms with E-state index in [0.717, 1.165) is 4.47 Å². The highest BCUT2D eigenvalue weighted by atomic mass is 79.9. The standard InChI is InChI=1S/C17H13BrN2O3/c1-3-23-16-13(9-14(18)10-15(16)22-2)11-19-20-17(21)12-7-5-4-6-8-12/h1,4-11H,2H3,(H,20,21). The predicted molar refractivity (Wildman–Crippen MR) is 91.7 cm³/mol. The van der Waals surface area contributed by atoms with Crippen LogP contribution in [0.1, 0.15) is 15.9 Å². The van der Waals surface area contributed by atoms with Crippen LogP contribution in [0.5, 0.6) is 11.5 Å². The summed E-state index contributed by atoms with van der Waals surface area (Å²) < 4.78 is 11.1. The minimum absolute atomic E-state index is 0.316. The molecule has 0 fully saturated rings. The fraction of sp³-hybridized carbons (Fsp3) is 0.0588. The van der Waals surface area contributed by atoms with Crippen molar-refractivity contribution in [2.45, 2.75) is 0 Å². The smallest absolute Gasteiger partial charge is 0.271 e. The third kappa shape index (κ3) is 4.34. The molecule has 23 heavy (non-hydrogen) atoms. The Bertz CT molecular complexity index is 767. The molecule has 0 heterocycles. The number of hydrazone groups is 1. The molecule has 6 heteroatoms. The first-order chi connectivity index (χ1) is 11.2. The molecule has 2 aromatic carbocycles. The van der Waals surface area contributed by atoms with E-state index in [4.69, 9.17) is 15.9 Å². The van der Waals surface area contributed by atoms with Crippen molar-refractivity contribution in [3.8, 4) is 24.0 Å². The Morgan fingerprint density at radius 3 is 2.74 bits per heavy atom. The van der Waals surface area contributed by atoms with Gasteiger partial charge >= 0.3 is 0 Å². The summed E-state index contributed by atoms with van der Waals surface area (Å²) in [6.45, 7) is 0. The molecular formula is C17H13BrN2O3. The van der Waals surface area contributed by atoms with E-state index in [1.165, 1.54) is 13.3 Å². The second-order valence-corrected chi connectivity index (χ2v) is 5.23. The second kappa shape index (κ2) is 8.01.